The third-order valence-electron chi connectivity index (χ3n) is 7.09. The average Bonchev–Trinajstić information content (AvgIpc) is 3.22. The Kier molecular flexibility index (Phi) is 2.56. The fourth-order valence-corrected chi connectivity index (χ4v) is 6.55. The van der Waals surface area contributed by atoms with Crippen LogP contribution in [-0.2, 0) is 0 Å². The maximum absolute atomic E-state index is 3.71. The van der Waals surface area contributed by atoms with Crippen molar-refractivity contribution < 1.29 is 0 Å². The van der Waals surface area contributed by atoms with Crippen molar-refractivity contribution in [3.63, 3.8) is 0 Å². The fourth-order valence-electron chi connectivity index (χ4n) is 6.55. The quantitative estimate of drug-likeness (QED) is 0.820. The van der Waals surface area contributed by atoms with E-state index >= 15 is 0 Å². The van der Waals surface area contributed by atoms with Crippen LogP contribution >= 0.6 is 0 Å². The highest BCUT2D eigenvalue weighted by atomic mass is 15.3. The summed E-state index contributed by atoms with van der Waals surface area (Å²) in [6.07, 6.45) is 10.9. The van der Waals surface area contributed by atoms with Gasteiger partial charge in [-0.3, -0.25) is 4.90 Å². The molecule has 6 aliphatic rings. The predicted molar refractivity (Wildman–Crippen MR) is 76.9 cm³/mol. The lowest BCUT2D eigenvalue weighted by Gasteiger charge is -2.58. The van der Waals surface area contributed by atoms with Gasteiger partial charge in [0.25, 0.3) is 0 Å². The average molecular weight is 260 g/mol. The molecule has 1 unspecified atom stereocenters. The van der Waals surface area contributed by atoms with Gasteiger partial charge in [0, 0.05) is 31.7 Å². The summed E-state index contributed by atoms with van der Waals surface area (Å²) in [5, 5.41) is 3.71. The van der Waals surface area contributed by atoms with Crippen LogP contribution in [-0.4, -0.2) is 36.6 Å². The molecule has 0 aromatic heterocycles. The van der Waals surface area contributed by atoms with Crippen LogP contribution in [0.4, 0.5) is 0 Å². The first-order valence-electron chi connectivity index (χ1n) is 8.85. The zero-order valence-corrected chi connectivity index (χ0v) is 12.1. The summed E-state index contributed by atoms with van der Waals surface area (Å²) in [5.41, 5.74) is 0. The van der Waals surface area contributed by atoms with Crippen molar-refractivity contribution in [1.29, 1.82) is 0 Å². The summed E-state index contributed by atoms with van der Waals surface area (Å²) >= 11 is 0. The van der Waals surface area contributed by atoms with Gasteiger partial charge in [0.2, 0.25) is 0 Å². The van der Waals surface area contributed by atoms with Crippen molar-refractivity contribution in [2.75, 3.05) is 19.6 Å². The van der Waals surface area contributed by atoms with Crippen molar-refractivity contribution >= 4 is 0 Å². The molecule has 0 radical (unpaired) electrons. The van der Waals surface area contributed by atoms with Crippen LogP contribution in [0.3, 0.4) is 0 Å². The number of hydrogen-bond acceptors (Lipinski definition) is 2. The second kappa shape index (κ2) is 4.21. The molecule has 6 fully saturated rings. The van der Waals surface area contributed by atoms with Crippen LogP contribution in [0, 0.1) is 29.6 Å². The summed E-state index contributed by atoms with van der Waals surface area (Å²) in [7, 11) is 0. The van der Waals surface area contributed by atoms with Gasteiger partial charge in [0.15, 0.2) is 0 Å². The monoisotopic (exact) mass is 260 g/mol. The third kappa shape index (κ3) is 1.82. The van der Waals surface area contributed by atoms with E-state index < -0.39 is 0 Å². The van der Waals surface area contributed by atoms with Gasteiger partial charge in [-0.1, -0.05) is 0 Å². The molecule has 0 aromatic rings. The molecule has 106 valence electrons. The molecule has 1 saturated heterocycles. The number of nitrogens with zero attached hydrogens (tertiary/aromatic N) is 1. The minimum Gasteiger partial charge on any atom is -0.314 e. The first-order valence-corrected chi connectivity index (χ1v) is 8.85. The Bertz CT molecular complexity index is 334. The summed E-state index contributed by atoms with van der Waals surface area (Å²) in [6.45, 7) is 3.86. The minimum absolute atomic E-state index is 0.899. The molecule has 6 rings (SSSR count). The van der Waals surface area contributed by atoms with Gasteiger partial charge in [-0.2, -0.15) is 0 Å². The van der Waals surface area contributed by atoms with E-state index in [1.54, 1.807) is 32.1 Å². The Morgan fingerprint density at radius 1 is 0.842 bits per heavy atom. The Morgan fingerprint density at radius 2 is 1.53 bits per heavy atom. The number of rotatable bonds is 2. The van der Waals surface area contributed by atoms with Gasteiger partial charge in [-0.15, -0.1) is 0 Å². The molecule has 0 amide bonds. The van der Waals surface area contributed by atoms with Gasteiger partial charge in [0.1, 0.15) is 0 Å². The normalized spacial score (nSPS) is 53.7. The molecule has 1 aliphatic heterocycles. The molecule has 0 spiro atoms. The highest BCUT2D eigenvalue weighted by Crippen LogP contribution is 2.58. The standard InChI is InChI=1S/C17H28N2/c1-2-15(1)19-4-3-18-10-16(19)17-13-6-11-5-12(8-13)9-14(17)7-11/h11-18H,1-10H2. The van der Waals surface area contributed by atoms with Gasteiger partial charge >= 0.3 is 0 Å². The molecule has 2 nitrogen and oxygen atoms in total. The molecule has 5 saturated carbocycles. The number of hydrogen-bond donors (Lipinski definition) is 1. The van der Waals surface area contributed by atoms with Crippen molar-refractivity contribution in [1.82, 2.24) is 10.2 Å². The van der Waals surface area contributed by atoms with Gasteiger partial charge in [-0.25, -0.2) is 0 Å². The zero-order valence-electron chi connectivity index (χ0n) is 12.1. The van der Waals surface area contributed by atoms with Gasteiger partial charge < -0.3 is 5.32 Å². The van der Waals surface area contributed by atoms with Crippen LogP contribution in [0.15, 0.2) is 0 Å². The molecule has 1 heterocycles. The molecule has 19 heavy (non-hydrogen) atoms. The van der Waals surface area contributed by atoms with E-state index in [0.717, 1.165) is 41.7 Å². The molecule has 2 heteroatoms. The summed E-state index contributed by atoms with van der Waals surface area (Å²) in [5.74, 6) is 5.51. The smallest absolute Gasteiger partial charge is 0.0257 e. The van der Waals surface area contributed by atoms with Crippen molar-refractivity contribution in [3.8, 4) is 0 Å². The van der Waals surface area contributed by atoms with Crippen LogP contribution < -0.4 is 5.32 Å². The second-order valence-electron chi connectivity index (χ2n) is 8.25. The minimum atomic E-state index is 0.899. The van der Waals surface area contributed by atoms with E-state index in [4.69, 9.17) is 0 Å². The number of nitrogens with one attached hydrogen (secondary N) is 1. The van der Waals surface area contributed by atoms with Crippen molar-refractivity contribution in [2.24, 2.45) is 29.6 Å². The highest BCUT2D eigenvalue weighted by Gasteiger charge is 2.52. The second-order valence-corrected chi connectivity index (χ2v) is 8.25. The van der Waals surface area contributed by atoms with Crippen LogP contribution in [0.25, 0.3) is 0 Å². The maximum Gasteiger partial charge on any atom is 0.0257 e. The Balaban J connectivity index is 1.41. The lowest BCUT2D eigenvalue weighted by atomic mass is 9.50. The third-order valence-corrected chi connectivity index (χ3v) is 7.09. The lowest BCUT2D eigenvalue weighted by Crippen LogP contribution is -2.61. The Labute approximate surface area is 117 Å². The molecule has 0 aromatic carbocycles. The maximum atomic E-state index is 3.71. The van der Waals surface area contributed by atoms with Crippen LogP contribution in [0.1, 0.15) is 44.9 Å². The van der Waals surface area contributed by atoms with Crippen LogP contribution in [0.2, 0.25) is 0 Å². The van der Waals surface area contributed by atoms with Gasteiger partial charge in [0.05, 0.1) is 0 Å². The molecular formula is C17H28N2. The lowest BCUT2D eigenvalue weighted by molar-refractivity contribution is -0.0798. The first kappa shape index (κ1) is 11.6. The molecule has 4 bridgehead atoms. The zero-order chi connectivity index (χ0) is 12.4. The first-order chi connectivity index (χ1) is 9.38. The summed E-state index contributed by atoms with van der Waals surface area (Å²) < 4.78 is 0. The van der Waals surface area contributed by atoms with Crippen LogP contribution in [0.5, 0.6) is 0 Å². The van der Waals surface area contributed by atoms with E-state index in [9.17, 15) is 0 Å². The van der Waals surface area contributed by atoms with E-state index in [1.165, 1.54) is 32.5 Å². The van der Waals surface area contributed by atoms with Crippen molar-refractivity contribution in [2.45, 2.75) is 57.0 Å². The van der Waals surface area contributed by atoms with Gasteiger partial charge in [-0.05, 0) is 74.5 Å². The number of piperazine rings is 1. The molecule has 5 aliphatic carbocycles. The largest absolute Gasteiger partial charge is 0.314 e. The topological polar surface area (TPSA) is 15.3 Å². The van der Waals surface area contributed by atoms with E-state index in [1.807, 2.05) is 0 Å². The molecule has 1 N–H and O–H groups in total. The fraction of sp³-hybridized carbons (Fsp3) is 1.00. The SMILES string of the molecule is C1CN(C2CC2)C(C2C3CC4CC(C3)CC2C4)CN1. The summed E-state index contributed by atoms with van der Waals surface area (Å²) in [4.78, 5) is 2.93. The Hall–Kier alpha value is -0.0800. The molecular weight excluding hydrogens is 232 g/mol. The van der Waals surface area contributed by atoms with E-state index in [-0.39, 0.29) is 0 Å². The predicted octanol–water partition coefficient (Wildman–Crippen LogP) is 2.49. The van der Waals surface area contributed by atoms with E-state index in [0.29, 0.717) is 0 Å². The summed E-state index contributed by atoms with van der Waals surface area (Å²) in [6, 6.07) is 1.88. The molecule has 1 atom stereocenters. The Morgan fingerprint density at radius 3 is 2.16 bits per heavy atom. The van der Waals surface area contributed by atoms with Crippen molar-refractivity contribution in [3.05, 3.63) is 0 Å². The highest BCUT2D eigenvalue weighted by molar-refractivity contribution is 5.05. The van der Waals surface area contributed by atoms with E-state index in [2.05, 4.69) is 10.2 Å².